The van der Waals surface area contributed by atoms with Gasteiger partial charge in [-0.1, -0.05) is 39.0 Å². The molecular formula is C37H62N4O7. The average Bonchev–Trinajstić information content (AvgIpc) is 3.05. The van der Waals surface area contributed by atoms with Crippen molar-refractivity contribution in [1.82, 2.24) is 20.4 Å². The topological polar surface area (TPSA) is 119 Å². The van der Waals surface area contributed by atoms with E-state index in [9.17, 15) is 14.4 Å². The number of nitrogens with one attached hydrogen (secondary N) is 2. The summed E-state index contributed by atoms with van der Waals surface area (Å²) in [5.74, 6) is 1.25. The fourth-order valence-corrected chi connectivity index (χ4v) is 5.40. The van der Waals surface area contributed by atoms with Gasteiger partial charge in [0.25, 0.3) is 0 Å². The van der Waals surface area contributed by atoms with E-state index in [4.69, 9.17) is 18.9 Å². The molecule has 1 aromatic rings. The molecule has 2 unspecified atom stereocenters. The number of benzene rings is 1. The highest BCUT2D eigenvalue weighted by Gasteiger charge is 2.34. The van der Waals surface area contributed by atoms with Gasteiger partial charge in [-0.2, -0.15) is 0 Å². The molecule has 2 atom stereocenters. The first-order valence-corrected chi connectivity index (χ1v) is 17.7. The van der Waals surface area contributed by atoms with E-state index < -0.39 is 6.09 Å². The number of hydrogen-bond acceptors (Lipinski definition) is 8. The van der Waals surface area contributed by atoms with Gasteiger partial charge in [-0.15, -0.1) is 0 Å². The Hall–Kier alpha value is -3.15. The van der Waals surface area contributed by atoms with Gasteiger partial charge in [0.05, 0.1) is 37.9 Å². The summed E-state index contributed by atoms with van der Waals surface area (Å²) in [6.45, 7) is 15.4. The molecule has 0 radical (unpaired) electrons. The Morgan fingerprint density at radius 2 is 1.83 bits per heavy atom. The number of piperazine rings is 1. The van der Waals surface area contributed by atoms with Gasteiger partial charge in [-0.25, -0.2) is 4.79 Å². The third-order valence-corrected chi connectivity index (χ3v) is 8.57. The molecule has 3 amide bonds. The molecule has 1 fully saturated rings. The van der Waals surface area contributed by atoms with Crippen LogP contribution in [0.3, 0.4) is 0 Å². The molecule has 1 aliphatic heterocycles. The lowest BCUT2D eigenvalue weighted by atomic mass is 9.99. The summed E-state index contributed by atoms with van der Waals surface area (Å²) in [7, 11) is 3.34. The summed E-state index contributed by atoms with van der Waals surface area (Å²) < 4.78 is 23.2. The first-order chi connectivity index (χ1) is 22.9. The Labute approximate surface area is 289 Å². The third-order valence-electron chi connectivity index (χ3n) is 8.57. The smallest absolute Gasteiger partial charge is 0.415 e. The van der Waals surface area contributed by atoms with Gasteiger partial charge in [0.15, 0.2) is 11.5 Å². The van der Waals surface area contributed by atoms with Crippen molar-refractivity contribution in [3.8, 4) is 11.5 Å². The number of rotatable bonds is 21. The summed E-state index contributed by atoms with van der Waals surface area (Å²) in [4.78, 5) is 42.3. The predicted molar refractivity (Wildman–Crippen MR) is 189 cm³/mol. The normalized spacial score (nSPS) is 16.4. The van der Waals surface area contributed by atoms with Gasteiger partial charge in [0, 0.05) is 45.8 Å². The lowest BCUT2D eigenvalue weighted by Crippen LogP contribution is -2.59. The average molecular weight is 675 g/mol. The van der Waals surface area contributed by atoms with E-state index in [1.54, 1.807) is 21.9 Å². The fourth-order valence-electron chi connectivity index (χ4n) is 5.40. The van der Waals surface area contributed by atoms with Crippen LogP contribution in [0.4, 0.5) is 4.79 Å². The van der Waals surface area contributed by atoms with Gasteiger partial charge in [-0.05, 0) is 83.5 Å². The van der Waals surface area contributed by atoms with Crippen molar-refractivity contribution in [2.75, 3.05) is 53.6 Å². The number of ether oxygens (including phenoxy) is 4. The van der Waals surface area contributed by atoms with Gasteiger partial charge in [-0.3, -0.25) is 9.59 Å². The van der Waals surface area contributed by atoms with Crippen LogP contribution in [0.5, 0.6) is 11.5 Å². The number of hydrogen-bond donors (Lipinski definition) is 2. The lowest BCUT2D eigenvalue weighted by Gasteiger charge is -2.41. The number of carbonyl (C=O) groups is 3. The molecule has 2 N–H and O–H groups in total. The molecular weight excluding hydrogens is 612 g/mol. The maximum absolute atomic E-state index is 13.4. The molecule has 1 saturated heterocycles. The van der Waals surface area contributed by atoms with Crippen molar-refractivity contribution in [2.45, 2.75) is 111 Å². The van der Waals surface area contributed by atoms with Crippen LogP contribution in [-0.2, 0) is 25.6 Å². The van der Waals surface area contributed by atoms with Crippen molar-refractivity contribution in [3.63, 3.8) is 0 Å². The molecule has 272 valence electrons. The van der Waals surface area contributed by atoms with Gasteiger partial charge >= 0.3 is 6.09 Å². The van der Waals surface area contributed by atoms with E-state index in [1.165, 1.54) is 7.11 Å². The minimum Gasteiger partial charge on any atom is -0.493 e. The highest BCUT2D eigenvalue weighted by molar-refractivity contribution is 5.78. The maximum Gasteiger partial charge on any atom is 0.415 e. The van der Waals surface area contributed by atoms with E-state index in [0.29, 0.717) is 69.8 Å². The van der Waals surface area contributed by atoms with Gasteiger partial charge in [0.1, 0.15) is 0 Å². The highest BCUT2D eigenvalue weighted by Crippen LogP contribution is 2.29. The number of unbranched alkanes of at least 4 members (excludes halogenated alkanes) is 2. The Kier molecular flexibility index (Phi) is 18.6. The van der Waals surface area contributed by atoms with Crippen LogP contribution in [-0.4, -0.2) is 99.0 Å². The summed E-state index contributed by atoms with van der Waals surface area (Å²) >= 11 is 0. The summed E-state index contributed by atoms with van der Waals surface area (Å²) in [6.07, 6.45) is 9.18. The highest BCUT2D eigenvalue weighted by atomic mass is 16.6. The lowest BCUT2D eigenvalue weighted by molar-refractivity contribution is -0.137. The van der Waals surface area contributed by atoms with Gasteiger partial charge in [0.2, 0.25) is 11.8 Å². The van der Waals surface area contributed by atoms with Crippen LogP contribution < -0.4 is 20.1 Å². The van der Waals surface area contributed by atoms with E-state index >= 15 is 0 Å². The van der Waals surface area contributed by atoms with Crippen molar-refractivity contribution in [1.29, 1.82) is 0 Å². The molecule has 11 nitrogen and oxygen atoms in total. The van der Waals surface area contributed by atoms with Crippen LogP contribution in [0.25, 0.3) is 0 Å². The molecule has 1 aliphatic rings. The van der Waals surface area contributed by atoms with Crippen LogP contribution >= 0.6 is 0 Å². The Morgan fingerprint density at radius 3 is 2.50 bits per heavy atom. The summed E-state index contributed by atoms with van der Waals surface area (Å²) in [6, 6.07) is 5.00. The van der Waals surface area contributed by atoms with E-state index in [0.717, 1.165) is 37.7 Å². The van der Waals surface area contributed by atoms with Crippen LogP contribution in [0, 0.1) is 5.92 Å². The Balaban J connectivity index is 1.88. The third kappa shape index (κ3) is 15.0. The molecule has 48 heavy (non-hydrogen) atoms. The summed E-state index contributed by atoms with van der Waals surface area (Å²) in [5.41, 5.74) is 0.497. The zero-order valence-electron chi connectivity index (χ0n) is 30.8. The predicted octanol–water partition coefficient (Wildman–Crippen LogP) is 5.71. The van der Waals surface area contributed by atoms with Crippen molar-refractivity contribution in [2.24, 2.45) is 5.92 Å². The Morgan fingerprint density at radius 1 is 1.06 bits per heavy atom. The first kappa shape index (κ1) is 41.0. The van der Waals surface area contributed by atoms with E-state index in [2.05, 4.69) is 50.5 Å². The molecule has 11 heteroatoms. The minimum absolute atomic E-state index is 0.00384. The van der Waals surface area contributed by atoms with Crippen molar-refractivity contribution >= 4 is 17.9 Å². The molecule has 0 spiro atoms. The van der Waals surface area contributed by atoms with Crippen molar-refractivity contribution < 1.29 is 33.3 Å². The fraction of sp³-hybridized carbons (Fsp3) is 0.703. The molecule has 0 bridgehead atoms. The zero-order chi connectivity index (χ0) is 35.5. The number of nitrogens with zero attached hydrogens (tertiary/aromatic N) is 2. The summed E-state index contributed by atoms with van der Waals surface area (Å²) in [5, 5.41) is 6.09. The number of amides is 3. The van der Waals surface area contributed by atoms with Crippen LogP contribution in [0.2, 0.25) is 0 Å². The largest absolute Gasteiger partial charge is 0.493 e. The van der Waals surface area contributed by atoms with E-state index in [1.807, 2.05) is 27.0 Å². The SMILES string of the molecule is CCC(C)(CCOC(C)C)OCCC(=O)N1CCN(C(=O)Oc2ccc(CNC(=O)CCCC/C=C/C(C)C)cc2OC)C(CNC)C1. The number of methoxy groups -OCH3 is 1. The van der Waals surface area contributed by atoms with Crippen molar-refractivity contribution in [3.05, 3.63) is 35.9 Å². The van der Waals surface area contributed by atoms with Crippen LogP contribution in [0.1, 0.15) is 92.1 Å². The standard InChI is InChI=1S/C37H62N4O7/c1-9-37(6,19-23-46-29(4)5)47-22-18-35(43)40-20-21-41(31(27-40)26-38-7)36(44)48-32-17-16-30(24-33(32)45-8)25-39-34(42)15-13-11-10-12-14-28(2)3/h12,14,16-17,24,28-29,31,38H,9-11,13,15,18-23,25-27H2,1-8H3,(H,39,42)/b14-12+. The minimum atomic E-state index is -0.504. The van der Waals surface area contributed by atoms with Crippen LogP contribution in [0.15, 0.2) is 30.4 Å². The molecule has 2 rings (SSSR count). The quantitative estimate of drug-likeness (QED) is 0.126. The van der Waals surface area contributed by atoms with E-state index in [-0.39, 0.29) is 36.0 Å². The van der Waals surface area contributed by atoms with Gasteiger partial charge < -0.3 is 39.4 Å². The number of carbonyl (C=O) groups excluding carboxylic acids is 3. The molecule has 0 saturated carbocycles. The second kappa shape index (κ2) is 21.7. The zero-order valence-corrected chi connectivity index (χ0v) is 30.8. The second-order valence-electron chi connectivity index (χ2n) is 13.4. The Bertz CT molecular complexity index is 1160. The molecule has 1 heterocycles. The molecule has 1 aromatic carbocycles. The number of allylic oxidation sites excluding steroid dienone is 2. The number of likely N-dealkylation sites (N-methyl/N-ethyl adjacent to an activating group) is 1. The maximum atomic E-state index is 13.4. The second-order valence-corrected chi connectivity index (χ2v) is 13.4. The molecule has 0 aliphatic carbocycles. The molecule has 0 aromatic heterocycles. The first-order valence-electron chi connectivity index (χ1n) is 17.7. The monoisotopic (exact) mass is 674 g/mol.